The van der Waals surface area contributed by atoms with Gasteiger partial charge in [-0.2, -0.15) is 0 Å². The molecule has 3 aromatic rings. The van der Waals surface area contributed by atoms with Gasteiger partial charge in [-0.05, 0) is 12.1 Å². The van der Waals surface area contributed by atoms with Crippen LogP contribution in [0.2, 0.25) is 0 Å². The molecule has 1 heterocycles. The van der Waals surface area contributed by atoms with Gasteiger partial charge in [0.1, 0.15) is 21.4 Å². The van der Waals surface area contributed by atoms with E-state index in [1.54, 1.807) is 20.2 Å². The van der Waals surface area contributed by atoms with Crippen LogP contribution in [0.3, 0.4) is 0 Å². The Kier molecular flexibility index (Phi) is 7.58. The van der Waals surface area contributed by atoms with Gasteiger partial charge in [-0.25, -0.2) is 4.98 Å². The van der Waals surface area contributed by atoms with Gasteiger partial charge in [0.15, 0.2) is 0 Å². The van der Waals surface area contributed by atoms with Crippen molar-refractivity contribution in [3.8, 4) is 0 Å². The van der Waals surface area contributed by atoms with Gasteiger partial charge in [-0.15, -0.1) is 0 Å². The second-order valence-electron chi connectivity index (χ2n) is 6.75. The van der Waals surface area contributed by atoms with E-state index in [2.05, 4.69) is 15.8 Å². The molecule has 0 aliphatic carbocycles. The maximum atomic E-state index is 12.6. The van der Waals surface area contributed by atoms with Gasteiger partial charge in [-0.3, -0.25) is 30.5 Å². The van der Waals surface area contributed by atoms with Crippen LogP contribution < -0.4 is 10.9 Å². The van der Waals surface area contributed by atoms with Gasteiger partial charge >= 0.3 is 0 Å². The van der Waals surface area contributed by atoms with Gasteiger partial charge in [0, 0.05) is 25.2 Å². The zero-order valence-corrected chi connectivity index (χ0v) is 19.1. The van der Waals surface area contributed by atoms with Crippen LogP contribution in [0.15, 0.2) is 78.9 Å². The van der Waals surface area contributed by atoms with Crippen molar-refractivity contribution in [2.24, 2.45) is 0 Å². The number of rotatable bonds is 4. The quantitative estimate of drug-likeness (QED) is 0.455. The molecule has 0 fully saturated rings. The minimum atomic E-state index is -0.492. The van der Waals surface area contributed by atoms with E-state index >= 15 is 0 Å². The van der Waals surface area contributed by atoms with Gasteiger partial charge < -0.3 is 0 Å². The molecule has 32 heavy (non-hydrogen) atoms. The summed E-state index contributed by atoms with van der Waals surface area (Å²) in [5.41, 5.74) is 7.08. The van der Waals surface area contributed by atoms with Gasteiger partial charge in [0.05, 0.1) is 0 Å². The number of nitrogens with one attached hydrogen (secondary N) is 2. The van der Waals surface area contributed by atoms with Crippen LogP contribution in [-0.2, 0) is 0 Å². The Balaban J connectivity index is 1.65. The molecular weight excluding hydrogens is 442 g/mol. The van der Waals surface area contributed by atoms with Crippen LogP contribution in [0.25, 0.3) is 0 Å². The fraction of sp³-hybridized carbons (Fsp3) is 0.0870. The molecule has 0 aliphatic rings. The van der Waals surface area contributed by atoms with E-state index in [0.717, 1.165) is 11.1 Å². The predicted molar refractivity (Wildman–Crippen MR) is 131 cm³/mol. The number of amides is 2. The largest absolute Gasteiger partial charge is 0.288 e. The second kappa shape index (κ2) is 10.6. The third-order valence-electron chi connectivity index (χ3n) is 4.40. The standard InChI is InChI=1S/C23H21N5O2S2/c1-27(22(31)16-10-5-3-6-11-16)25-20(29)18-14-9-15-19(24-18)21(30)26-28(2)23(32)17-12-7-4-8-13-17/h3-15H,1-2H3,(H,25,29)(H,26,30). The smallest absolute Gasteiger partial charge is 0.277 e. The summed E-state index contributed by atoms with van der Waals surface area (Å²) in [5.74, 6) is -0.984. The van der Waals surface area contributed by atoms with Crippen LogP contribution in [-0.4, -0.2) is 50.9 Å². The van der Waals surface area contributed by atoms with E-state index in [4.69, 9.17) is 24.4 Å². The van der Waals surface area contributed by atoms with Crippen LogP contribution in [0.1, 0.15) is 32.1 Å². The maximum Gasteiger partial charge on any atom is 0.288 e. The summed E-state index contributed by atoms with van der Waals surface area (Å²) in [6.07, 6.45) is 0. The molecule has 2 amide bonds. The summed E-state index contributed by atoms with van der Waals surface area (Å²) < 4.78 is 0. The number of carbonyl (C=O) groups is 2. The number of thiocarbonyl (C=S) groups is 2. The van der Waals surface area contributed by atoms with Crippen LogP contribution >= 0.6 is 24.4 Å². The lowest BCUT2D eigenvalue weighted by Crippen LogP contribution is -2.44. The fourth-order valence-corrected chi connectivity index (χ4v) is 3.12. The number of aromatic nitrogens is 1. The zero-order valence-electron chi connectivity index (χ0n) is 17.5. The first-order valence-electron chi connectivity index (χ1n) is 9.62. The van der Waals surface area contributed by atoms with Crippen molar-refractivity contribution >= 4 is 46.2 Å². The van der Waals surface area contributed by atoms with Crippen molar-refractivity contribution in [3.05, 3.63) is 101 Å². The van der Waals surface area contributed by atoms with Crippen molar-refractivity contribution in [1.82, 2.24) is 25.9 Å². The first-order chi connectivity index (χ1) is 15.4. The molecule has 0 radical (unpaired) electrons. The van der Waals surface area contributed by atoms with Crippen molar-refractivity contribution in [2.75, 3.05) is 14.1 Å². The topological polar surface area (TPSA) is 77.6 Å². The van der Waals surface area contributed by atoms with E-state index in [1.807, 2.05) is 60.7 Å². The number of hydrogen-bond acceptors (Lipinski definition) is 5. The lowest BCUT2D eigenvalue weighted by Gasteiger charge is -2.21. The maximum absolute atomic E-state index is 12.6. The number of carbonyl (C=O) groups excluding carboxylic acids is 2. The first kappa shape index (κ1) is 23.0. The Labute approximate surface area is 197 Å². The van der Waals surface area contributed by atoms with Crippen LogP contribution in [0, 0.1) is 0 Å². The van der Waals surface area contributed by atoms with Crippen molar-refractivity contribution < 1.29 is 9.59 Å². The summed E-state index contributed by atoms with van der Waals surface area (Å²) in [6.45, 7) is 0. The Morgan fingerprint density at radius 2 is 1.03 bits per heavy atom. The molecule has 1 aromatic heterocycles. The highest BCUT2D eigenvalue weighted by atomic mass is 32.1. The number of hydrazine groups is 2. The second-order valence-corrected chi connectivity index (χ2v) is 7.52. The van der Waals surface area contributed by atoms with E-state index in [9.17, 15) is 9.59 Å². The number of nitrogens with zero attached hydrogens (tertiary/aromatic N) is 3. The number of hydrogen-bond donors (Lipinski definition) is 2. The average Bonchev–Trinajstić information content (AvgIpc) is 2.84. The third kappa shape index (κ3) is 5.71. The fourth-order valence-electron chi connectivity index (χ4n) is 2.76. The molecule has 0 saturated carbocycles. The lowest BCUT2D eigenvalue weighted by molar-refractivity contribution is 0.0878. The summed E-state index contributed by atoms with van der Waals surface area (Å²) in [5, 5.41) is 2.88. The third-order valence-corrected chi connectivity index (χ3v) is 5.42. The normalized spacial score (nSPS) is 10.1. The van der Waals surface area contributed by atoms with Gasteiger partial charge in [0.25, 0.3) is 11.8 Å². The van der Waals surface area contributed by atoms with E-state index in [0.29, 0.717) is 9.98 Å². The minimum Gasteiger partial charge on any atom is -0.277 e. The SMILES string of the molecule is CN(NC(=O)c1cccc(C(=O)NN(C)C(=S)c2ccccc2)n1)C(=S)c1ccccc1. The molecule has 3 rings (SSSR count). The summed E-state index contributed by atoms with van der Waals surface area (Å²) in [7, 11) is 3.28. The molecule has 0 unspecified atom stereocenters. The Morgan fingerprint density at radius 3 is 1.41 bits per heavy atom. The summed E-state index contributed by atoms with van der Waals surface area (Å²) in [6, 6.07) is 23.2. The summed E-state index contributed by atoms with van der Waals surface area (Å²) in [4.78, 5) is 30.4. The minimum absolute atomic E-state index is 0.0775. The highest BCUT2D eigenvalue weighted by molar-refractivity contribution is 7.80. The molecule has 7 nitrogen and oxygen atoms in total. The van der Waals surface area contributed by atoms with Crippen molar-refractivity contribution in [2.45, 2.75) is 0 Å². The zero-order chi connectivity index (χ0) is 23.1. The Morgan fingerprint density at radius 1 is 0.656 bits per heavy atom. The average molecular weight is 464 g/mol. The molecule has 0 atom stereocenters. The molecule has 162 valence electrons. The molecule has 0 saturated heterocycles. The molecule has 0 bridgehead atoms. The molecular formula is C23H21N5O2S2. The van der Waals surface area contributed by atoms with Crippen LogP contribution in [0.4, 0.5) is 0 Å². The predicted octanol–water partition coefficient (Wildman–Crippen LogP) is 2.99. The van der Waals surface area contributed by atoms with E-state index in [1.165, 1.54) is 22.2 Å². The highest BCUT2D eigenvalue weighted by Gasteiger charge is 2.17. The Bertz CT molecular complexity index is 1050. The van der Waals surface area contributed by atoms with Crippen molar-refractivity contribution in [1.29, 1.82) is 0 Å². The number of benzene rings is 2. The van der Waals surface area contributed by atoms with Gasteiger partial charge in [0.2, 0.25) is 0 Å². The Hall–Kier alpha value is -3.69. The lowest BCUT2D eigenvalue weighted by atomic mass is 10.2. The number of pyridine rings is 1. The molecule has 2 N–H and O–H groups in total. The summed E-state index contributed by atoms with van der Waals surface area (Å²) >= 11 is 10.8. The molecule has 0 aliphatic heterocycles. The molecule has 2 aromatic carbocycles. The monoisotopic (exact) mass is 463 g/mol. The van der Waals surface area contributed by atoms with Crippen LogP contribution in [0.5, 0.6) is 0 Å². The molecule has 0 spiro atoms. The van der Waals surface area contributed by atoms with Gasteiger partial charge in [-0.1, -0.05) is 91.2 Å². The van der Waals surface area contributed by atoms with Crippen molar-refractivity contribution in [3.63, 3.8) is 0 Å². The molecule has 9 heteroatoms. The first-order valence-corrected chi connectivity index (χ1v) is 10.4. The highest BCUT2D eigenvalue weighted by Crippen LogP contribution is 2.06. The van der Waals surface area contributed by atoms with E-state index in [-0.39, 0.29) is 11.4 Å². The van der Waals surface area contributed by atoms with E-state index < -0.39 is 11.8 Å².